The molecule has 0 saturated heterocycles. The Morgan fingerprint density at radius 3 is 1.50 bits per heavy atom. The van der Waals surface area contributed by atoms with Crippen molar-refractivity contribution in [2.75, 3.05) is 26.0 Å². The minimum Gasteiger partial charge on any atom is -0.303 e. The molecule has 0 saturated carbocycles. The van der Waals surface area contributed by atoms with Crippen molar-refractivity contribution in [1.29, 1.82) is 0 Å². The standard InChI is InChI=1S/C8H18F4N4O4P4/c1-4-18-22(10)13-21(9,8-7-17)14-23(11,19-5-2)16-24(12,15-22)20-6-3/h7H,4-6,8H2,1-3H3. The molecule has 1 heterocycles. The monoisotopic (exact) mass is 434 g/mol. The van der Waals surface area contributed by atoms with Gasteiger partial charge in [0.05, 0.1) is 26.0 Å². The fourth-order valence-electron chi connectivity index (χ4n) is 1.50. The van der Waals surface area contributed by atoms with Crippen LogP contribution in [0.3, 0.4) is 0 Å². The molecule has 4 atom stereocenters. The molecule has 1 rings (SSSR count). The van der Waals surface area contributed by atoms with Crippen LogP contribution in [0.5, 0.6) is 0 Å². The number of rotatable bonds is 8. The van der Waals surface area contributed by atoms with Gasteiger partial charge in [0.2, 0.25) is 0 Å². The van der Waals surface area contributed by atoms with Crippen molar-refractivity contribution >= 4 is 37.0 Å². The molecule has 0 aromatic heterocycles. The van der Waals surface area contributed by atoms with Crippen LogP contribution in [0.1, 0.15) is 20.8 Å². The van der Waals surface area contributed by atoms with E-state index in [1.54, 1.807) is 0 Å². The molecule has 0 aromatic carbocycles. The lowest BCUT2D eigenvalue weighted by Crippen LogP contribution is -1.92. The normalized spacial score (nSPS) is 39.5. The summed E-state index contributed by atoms with van der Waals surface area (Å²) in [6.07, 6.45) is -0.947. The van der Waals surface area contributed by atoms with Gasteiger partial charge in [0.1, 0.15) is 6.29 Å². The van der Waals surface area contributed by atoms with Crippen molar-refractivity contribution in [3.05, 3.63) is 0 Å². The Labute approximate surface area is 137 Å². The summed E-state index contributed by atoms with van der Waals surface area (Å²) >= 11 is 0. The Morgan fingerprint density at radius 1 is 0.750 bits per heavy atom. The number of carbonyl (C=O) groups excluding carboxylic acids is 1. The first-order valence-corrected chi connectivity index (χ1v) is 13.1. The molecule has 0 bridgehead atoms. The van der Waals surface area contributed by atoms with E-state index in [1.165, 1.54) is 20.8 Å². The molecular formula is C8H18F4N4O4P4. The van der Waals surface area contributed by atoms with Crippen molar-refractivity contribution in [2.45, 2.75) is 20.8 Å². The lowest BCUT2D eigenvalue weighted by Gasteiger charge is -2.22. The highest BCUT2D eigenvalue weighted by molar-refractivity contribution is 7.79. The largest absolute Gasteiger partial charge is 0.387 e. The molecule has 0 spiro atoms. The van der Waals surface area contributed by atoms with Crippen molar-refractivity contribution in [3.63, 3.8) is 0 Å². The van der Waals surface area contributed by atoms with Gasteiger partial charge < -0.3 is 18.4 Å². The van der Waals surface area contributed by atoms with Gasteiger partial charge in [-0.05, 0) is 20.8 Å². The molecule has 0 N–H and O–H groups in total. The summed E-state index contributed by atoms with van der Waals surface area (Å²) in [4.78, 5) is 10.7. The average molecular weight is 434 g/mol. The van der Waals surface area contributed by atoms with Crippen molar-refractivity contribution in [2.24, 2.45) is 18.1 Å². The second-order valence-corrected chi connectivity index (χ2v) is 12.1. The maximum atomic E-state index is 14.8. The van der Waals surface area contributed by atoms with Gasteiger partial charge in [-0.25, -0.2) is 0 Å². The molecule has 0 radical (unpaired) electrons. The van der Waals surface area contributed by atoms with Crippen LogP contribution in [0.15, 0.2) is 18.1 Å². The van der Waals surface area contributed by atoms with Crippen LogP contribution < -0.4 is 0 Å². The number of carbonyl (C=O) groups is 1. The summed E-state index contributed by atoms with van der Waals surface area (Å²) < 4.78 is 85.3. The quantitative estimate of drug-likeness (QED) is 0.232. The van der Waals surface area contributed by atoms with Crippen LogP contribution in [-0.4, -0.2) is 32.3 Å². The van der Waals surface area contributed by atoms with E-state index in [1.807, 2.05) is 0 Å². The number of nitrogens with zero attached hydrogens (tertiary/aromatic N) is 4. The highest BCUT2D eigenvalue weighted by Crippen LogP contribution is 2.81. The van der Waals surface area contributed by atoms with Gasteiger partial charge in [0.15, 0.2) is 0 Å². The Hall–Kier alpha value is 0.190. The Bertz CT molecular complexity index is 694. The summed E-state index contributed by atoms with van der Waals surface area (Å²) in [7, 11) is -19.4. The summed E-state index contributed by atoms with van der Waals surface area (Å²) in [5.74, 6) is 0. The average Bonchev–Trinajstić information content (AvgIpc) is 2.35. The molecule has 0 amide bonds. The van der Waals surface area contributed by atoms with E-state index in [2.05, 4.69) is 31.6 Å². The van der Waals surface area contributed by atoms with Crippen LogP contribution in [0.4, 0.5) is 16.8 Å². The van der Waals surface area contributed by atoms with Crippen LogP contribution >= 0.6 is 30.7 Å². The predicted octanol–water partition coefficient (Wildman–Crippen LogP) is 7.06. The second-order valence-electron chi connectivity index (χ2n) is 4.02. The molecular weight excluding hydrogens is 416 g/mol. The first-order valence-electron chi connectivity index (χ1n) is 6.77. The Morgan fingerprint density at radius 2 is 1.12 bits per heavy atom. The van der Waals surface area contributed by atoms with Crippen molar-refractivity contribution < 1.29 is 35.2 Å². The van der Waals surface area contributed by atoms with Gasteiger partial charge in [-0.2, -0.15) is 25.8 Å². The van der Waals surface area contributed by atoms with E-state index in [0.29, 0.717) is 0 Å². The molecule has 0 aromatic rings. The van der Waals surface area contributed by atoms with Crippen molar-refractivity contribution in [1.82, 2.24) is 0 Å². The zero-order valence-corrected chi connectivity index (χ0v) is 16.7. The molecule has 1 aliphatic heterocycles. The lowest BCUT2D eigenvalue weighted by atomic mass is 10.9. The van der Waals surface area contributed by atoms with Gasteiger partial charge in [-0.1, -0.05) is 0 Å². The van der Waals surface area contributed by atoms with Crippen LogP contribution in [0.2, 0.25) is 0 Å². The smallest absolute Gasteiger partial charge is 0.303 e. The Kier molecular flexibility index (Phi) is 8.08. The minimum absolute atomic E-state index is 0.0648. The van der Waals surface area contributed by atoms with Gasteiger partial charge in [0, 0.05) is 0 Å². The molecule has 24 heavy (non-hydrogen) atoms. The summed E-state index contributed by atoms with van der Waals surface area (Å²) in [6.45, 7) is 3.13. The van der Waals surface area contributed by atoms with Crippen molar-refractivity contribution in [3.8, 4) is 0 Å². The molecule has 1 aliphatic rings. The van der Waals surface area contributed by atoms with Gasteiger partial charge in [-0.15, -0.1) is 9.03 Å². The first-order chi connectivity index (χ1) is 11.1. The number of hydrogen-bond donors (Lipinski definition) is 0. The number of aldehydes is 1. The molecule has 4 unspecified atom stereocenters. The number of hydrogen-bond acceptors (Lipinski definition) is 8. The van der Waals surface area contributed by atoms with E-state index < -0.39 is 36.9 Å². The Balaban J connectivity index is 3.79. The zero-order valence-electron chi connectivity index (χ0n) is 13.1. The molecule has 0 aliphatic carbocycles. The predicted molar refractivity (Wildman–Crippen MR) is 87.6 cm³/mol. The molecule has 16 heteroatoms. The van der Waals surface area contributed by atoms with Gasteiger partial charge in [-0.3, -0.25) is 0 Å². The lowest BCUT2D eigenvalue weighted by molar-refractivity contribution is -0.105. The summed E-state index contributed by atoms with van der Waals surface area (Å²) in [5, 5.41) is 0. The number of halogens is 4. The highest BCUT2D eigenvalue weighted by Gasteiger charge is 2.40. The second kappa shape index (κ2) is 8.72. The van der Waals surface area contributed by atoms with E-state index in [0.717, 1.165) is 0 Å². The van der Waals surface area contributed by atoms with Crippen LogP contribution in [0.25, 0.3) is 0 Å². The zero-order chi connectivity index (χ0) is 18.5. The highest BCUT2D eigenvalue weighted by atomic mass is 31.3. The first kappa shape index (κ1) is 22.2. The third-order valence-electron chi connectivity index (χ3n) is 2.12. The fraction of sp³-hybridized carbons (Fsp3) is 0.875. The van der Waals surface area contributed by atoms with E-state index in [4.69, 9.17) is 0 Å². The van der Waals surface area contributed by atoms with Gasteiger partial charge >= 0.3 is 23.2 Å². The summed E-state index contributed by atoms with van der Waals surface area (Å²) in [5.41, 5.74) is 0. The third-order valence-corrected chi connectivity index (χ3v) is 12.0. The third kappa shape index (κ3) is 6.17. The van der Waals surface area contributed by atoms with E-state index in [-0.39, 0.29) is 26.1 Å². The minimum atomic E-state index is -4.89. The maximum absolute atomic E-state index is 14.8. The van der Waals surface area contributed by atoms with Crippen LogP contribution in [0, 0.1) is 0 Å². The van der Waals surface area contributed by atoms with Gasteiger partial charge in [0.25, 0.3) is 7.52 Å². The molecule has 0 fully saturated rings. The van der Waals surface area contributed by atoms with Crippen LogP contribution in [-0.2, 0) is 18.4 Å². The van der Waals surface area contributed by atoms with E-state index >= 15 is 0 Å². The molecule has 8 nitrogen and oxygen atoms in total. The fourth-order valence-corrected chi connectivity index (χ4v) is 11.2. The topological polar surface area (TPSA) is 94.2 Å². The SMILES string of the molecule is CCOP1(F)=NP(F)(CC=O)=NP(F)(OCC)=NP(F)(OCC)=N1. The maximum Gasteiger partial charge on any atom is 0.387 e. The summed E-state index contributed by atoms with van der Waals surface area (Å²) in [6, 6.07) is 0. The van der Waals surface area contributed by atoms with E-state index in [9.17, 15) is 21.6 Å². The molecule has 142 valence electrons.